The Bertz CT molecular complexity index is 320. The Morgan fingerprint density at radius 2 is 2.33 bits per heavy atom. The molecule has 0 aromatic carbocycles. The van der Waals surface area contributed by atoms with Crippen LogP contribution in [-0.4, -0.2) is 11.0 Å². The molecule has 4 heteroatoms. The van der Waals surface area contributed by atoms with Crippen LogP contribution in [0.3, 0.4) is 0 Å². The summed E-state index contributed by atoms with van der Waals surface area (Å²) in [6, 6.07) is 0. The highest BCUT2D eigenvalue weighted by molar-refractivity contribution is 7.13. The van der Waals surface area contributed by atoms with E-state index in [9.17, 15) is 4.79 Å². The van der Waals surface area contributed by atoms with Crippen LogP contribution in [0, 0.1) is 0 Å². The van der Waals surface area contributed by atoms with Gasteiger partial charge in [-0.15, -0.1) is 0 Å². The molecular formula is C11H17NO2S. The minimum atomic E-state index is -0.179. The van der Waals surface area contributed by atoms with Crippen LogP contribution in [-0.2, 0) is 4.79 Å². The number of unbranched alkanes of at least 4 members (excludes halogenated alkanes) is 1. The quantitative estimate of drug-likeness (QED) is 0.724. The van der Waals surface area contributed by atoms with E-state index in [2.05, 4.69) is 18.8 Å². The van der Waals surface area contributed by atoms with Gasteiger partial charge in [0, 0.05) is 17.5 Å². The Morgan fingerprint density at radius 1 is 1.60 bits per heavy atom. The summed E-state index contributed by atoms with van der Waals surface area (Å²) in [4.78, 5) is 16.5. The Hall–Kier alpha value is -0.900. The van der Waals surface area contributed by atoms with Gasteiger partial charge in [-0.25, -0.2) is 4.98 Å². The first-order valence-electron chi connectivity index (χ1n) is 5.30. The fourth-order valence-corrected chi connectivity index (χ4v) is 1.84. The van der Waals surface area contributed by atoms with Crippen molar-refractivity contribution >= 4 is 17.3 Å². The first-order chi connectivity index (χ1) is 7.13. The molecule has 0 unspecified atom stereocenters. The molecule has 84 valence electrons. The third-order valence-corrected chi connectivity index (χ3v) is 3.18. The van der Waals surface area contributed by atoms with Crippen LogP contribution < -0.4 is 4.74 Å². The zero-order valence-corrected chi connectivity index (χ0v) is 10.3. The number of carbonyl (C=O) groups excluding carboxylic acids is 1. The number of thiazole rings is 1. The van der Waals surface area contributed by atoms with Gasteiger partial charge in [0.15, 0.2) is 0 Å². The molecule has 0 saturated heterocycles. The summed E-state index contributed by atoms with van der Waals surface area (Å²) in [6.07, 6.45) is 4.14. The topological polar surface area (TPSA) is 39.2 Å². The van der Waals surface area contributed by atoms with Crippen molar-refractivity contribution < 1.29 is 9.53 Å². The molecule has 0 aliphatic heterocycles. The fraction of sp³-hybridized carbons (Fsp3) is 0.636. The Labute approximate surface area is 94.5 Å². The highest BCUT2D eigenvalue weighted by Crippen LogP contribution is 2.27. The molecule has 3 nitrogen and oxygen atoms in total. The zero-order valence-electron chi connectivity index (χ0n) is 9.45. The molecule has 0 aliphatic rings. The predicted molar refractivity (Wildman–Crippen MR) is 61.4 cm³/mol. The summed E-state index contributed by atoms with van der Waals surface area (Å²) in [5.41, 5.74) is 0. The molecule has 0 N–H and O–H groups in total. The molecule has 1 rings (SSSR count). The van der Waals surface area contributed by atoms with Gasteiger partial charge in [0.25, 0.3) is 5.19 Å². The summed E-state index contributed by atoms with van der Waals surface area (Å²) in [5.74, 6) is 0.257. The molecule has 0 aliphatic carbocycles. The molecule has 0 fully saturated rings. The molecule has 1 aromatic rings. The standard InChI is InChI=1S/C11H17NO2S/c1-4-5-6-10(13)14-11-12-7-9(15-11)8(2)3/h7-8H,4-6H2,1-3H3. The van der Waals surface area contributed by atoms with E-state index in [1.807, 2.05) is 6.92 Å². The van der Waals surface area contributed by atoms with E-state index < -0.39 is 0 Å². The minimum Gasteiger partial charge on any atom is -0.398 e. The van der Waals surface area contributed by atoms with E-state index in [0.29, 0.717) is 17.5 Å². The number of esters is 1. The first kappa shape index (κ1) is 12.2. The van der Waals surface area contributed by atoms with Gasteiger partial charge in [-0.1, -0.05) is 38.5 Å². The van der Waals surface area contributed by atoms with Gasteiger partial charge >= 0.3 is 5.97 Å². The highest BCUT2D eigenvalue weighted by Gasteiger charge is 2.10. The molecule has 0 radical (unpaired) electrons. The van der Waals surface area contributed by atoms with E-state index in [-0.39, 0.29) is 5.97 Å². The van der Waals surface area contributed by atoms with Crippen molar-refractivity contribution in [2.45, 2.75) is 46.0 Å². The zero-order chi connectivity index (χ0) is 11.3. The highest BCUT2D eigenvalue weighted by atomic mass is 32.1. The van der Waals surface area contributed by atoms with Crippen molar-refractivity contribution in [1.82, 2.24) is 4.98 Å². The van der Waals surface area contributed by atoms with Crippen molar-refractivity contribution in [3.63, 3.8) is 0 Å². The second-order valence-electron chi connectivity index (χ2n) is 3.76. The third kappa shape index (κ3) is 4.00. The molecule has 1 heterocycles. The molecular weight excluding hydrogens is 210 g/mol. The van der Waals surface area contributed by atoms with E-state index in [0.717, 1.165) is 17.7 Å². The lowest BCUT2D eigenvalue weighted by Gasteiger charge is -1.99. The fourth-order valence-electron chi connectivity index (χ4n) is 1.05. The Kier molecular flexibility index (Phi) is 4.75. The van der Waals surface area contributed by atoms with E-state index in [4.69, 9.17) is 4.74 Å². The second kappa shape index (κ2) is 5.85. The average Bonchev–Trinajstić information content (AvgIpc) is 2.63. The SMILES string of the molecule is CCCCC(=O)Oc1ncc(C(C)C)s1. The van der Waals surface area contributed by atoms with Crippen LogP contribution in [0.15, 0.2) is 6.20 Å². The van der Waals surface area contributed by atoms with Crippen molar-refractivity contribution in [1.29, 1.82) is 0 Å². The summed E-state index contributed by atoms with van der Waals surface area (Å²) < 4.78 is 5.12. The van der Waals surface area contributed by atoms with Crippen LogP contribution in [0.25, 0.3) is 0 Å². The number of nitrogens with zero attached hydrogens (tertiary/aromatic N) is 1. The molecule has 0 bridgehead atoms. The number of carbonyl (C=O) groups is 1. The van der Waals surface area contributed by atoms with Gasteiger partial charge in [-0.3, -0.25) is 4.79 Å². The number of hydrogen-bond acceptors (Lipinski definition) is 4. The van der Waals surface area contributed by atoms with E-state index in [1.165, 1.54) is 11.3 Å². The van der Waals surface area contributed by atoms with Crippen LogP contribution in [0.1, 0.15) is 50.8 Å². The minimum absolute atomic E-state index is 0.179. The molecule has 1 aromatic heterocycles. The number of aromatic nitrogens is 1. The second-order valence-corrected chi connectivity index (χ2v) is 4.79. The van der Waals surface area contributed by atoms with Gasteiger partial charge in [0.1, 0.15) is 0 Å². The Balaban J connectivity index is 2.46. The van der Waals surface area contributed by atoms with Gasteiger partial charge < -0.3 is 4.74 Å². The largest absolute Gasteiger partial charge is 0.398 e. The predicted octanol–water partition coefficient (Wildman–Crippen LogP) is 3.36. The first-order valence-corrected chi connectivity index (χ1v) is 6.11. The molecule has 15 heavy (non-hydrogen) atoms. The van der Waals surface area contributed by atoms with Crippen LogP contribution in [0.5, 0.6) is 5.19 Å². The summed E-state index contributed by atoms with van der Waals surface area (Å²) in [5, 5.41) is 0.472. The van der Waals surface area contributed by atoms with Crippen molar-refractivity contribution in [2.75, 3.05) is 0 Å². The maximum atomic E-state index is 11.3. The number of hydrogen-bond donors (Lipinski definition) is 0. The van der Waals surface area contributed by atoms with Crippen LogP contribution in [0.2, 0.25) is 0 Å². The smallest absolute Gasteiger partial charge is 0.313 e. The van der Waals surface area contributed by atoms with Crippen molar-refractivity contribution in [2.24, 2.45) is 0 Å². The summed E-state index contributed by atoms with van der Waals surface area (Å²) in [7, 11) is 0. The summed E-state index contributed by atoms with van der Waals surface area (Å²) >= 11 is 1.45. The van der Waals surface area contributed by atoms with Gasteiger partial charge in [0.2, 0.25) is 0 Å². The van der Waals surface area contributed by atoms with Gasteiger partial charge in [-0.05, 0) is 12.3 Å². The van der Waals surface area contributed by atoms with Crippen molar-refractivity contribution in [3.05, 3.63) is 11.1 Å². The van der Waals surface area contributed by atoms with Gasteiger partial charge in [0.05, 0.1) is 0 Å². The van der Waals surface area contributed by atoms with E-state index >= 15 is 0 Å². The number of rotatable bonds is 5. The Morgan fingerprint density at radius 3 is 2.87 bits per heavy atom. The monoisotopic (exact) mass is 227 g/mol. The summed E-state index contributed by atoms with van der Waals surface area (Å²) in [6.45, 7) is 6.24. The van der Waals surface area contributed by atoms with Crippen LogP contribution in [0.4, 0.5) is 0 Å². The van der Waals surface area contributed by atoms with E-state index in [1.54, 1.807) is 6.20 Å². The lowest BCUT2D eigenvalue weighted by atomic mass is 10.2. The number of ether oxygens (including phenoxy) is 1. The molecule has 0 atom stereocenters. The molecule has 0 amide bonds. The van der Waals surface area contributed by atoms with Gasteiger partial charge in [-0.2, -0.15) is 0 Å². The molecule has 0 saturated carbocycles. The third-order valence-electron chi connectivity index (χ3n) is 2.01. The molecule has 0 spiro atoms. The lowest BCUT2D eigenvalue weighted by Crippen LogP contribution is -2.06. The van der Waals surface area contributed by atoms with Crippen LogP contribution >= 0.6 is 11.3 Å². The average molecular weight is 227 g/mol. The normalized spacial score (nSPS) is 10.7. The maximum absolute atomic E-state index is 11.3. The maximum Gasteiger partial charge on any atom is 0.313 e. The lowest BCUT2D eigenvalue weighted by molar-refractivity contribution is -0.134. The van der Waals surface area contributed by atoms with Crippen molar-refractivity contribution in [3.8, 4) is 5.19 Å².